The average Bonchev–Trinajstić information content (AvgIpc) is 2.67. The number of amides is 1. The van der Waals surface area contributed by atoms with Crippen LogP contribution in [0.3, 0.4) is 0 Å². The molecule has 2 atom stereocenters. The molecule has 6 heteroatoms. The van der Waals surface area contributed by atoms with E-state index < -0.39 is 10.0 Å². The number of nitrogens with zero attached hydrogens (tertiary/aromatic N) is 1. The highest BCUT2D eigenvalue weighted by molar-refractivity contribution is 7.89. The molecule has 3 rings (SSSR count). The molecule has 0 aliphatic carbocycles. The Labute approximate surface area is 167 Å². The van der Waals surface area contributed by atoms with Crippen molar-refractivity contribution in [3.05, 3.63) is 59.7 Å². The molecule has 1 saturated heterocycles. The van der Waals surface area contributed by atoms with Gasteiger partial charge >= 0.3 is 0 Å². The van der Waals surface area contributed by atoms with Crippen LogP contribution in [0.4, 0.5) is 5.69 Å². The van der Waals surface area contributed by atoms with Gasteiger partial charge in [0, 0.05) is 24.3 Å². The number of carbonyl (C=O) groups excluding carboxylic acids is 1. The molecule has 1 aliphatic rings. The van der Waals surface area contributed by atoms with E-state index in [0.29, 0.717) is 30.5 Å². The predicted molar refractivity (Wildman–Crippen MR) is 112 cm³/mol. The van der Waals surface area contributed by atoms with Crippen molar-refractivity contribution in [1.82, 2.24) is 4.31 Å². The minimum Gasteiger partial charge on any atom is -0.322 e. The third-order valence-electron chi connectivity index (χ3n) is 5.24. The summed E-state index contributed by atoms with van der Waals surface area (Å²) in [7, 11) is -3.54. The van der Waals surface area contributed by atoms with E-state index in [1.165, 1.54) is 12.1 Å². The zero-order valence-corrected chi connectivity index (χ0v) is 17.5. The summed E-state index contributed by atoms with van der Waals surface area (Å²) < 4.78 is 27.5. The number of aryl methyl sites for hydroxylation is 1. The van der Waals surface area contributed by atoms with E-state index in [1.54, 1.807) is 16.4 Å². The van der Waals surface area contributed by atoms with Crippen molar-refractivity contribution in [2.45, 2.75) is 38.5 Å². The number of para-hydroxylation sites is 1. The van der Waals surface area contributed by atoms with Crippen LogP contribution in [0.25, 0.3) is 0 Å². The number of anilines is 1. The molecule has 0 spiro atoms. The van der Waals surface area contributed by atoms with Crippen molar-refractivity contribution in [1.29, 1.82) is 0 Å². The van der Waals surface area contributed by atoms with Gasteiger partial charge in [0.15, 0.2) is 0 Å². The smallest absolute Gasteiger partial charge is 0.255 e. The monoisotopic (exact) mass is 400 g/mol. The minimum absolute atomic E-state index is 0.235. The standard InChI is InChI=1S/C22H28N2O3S/c1-4-18-7-5-6-8-21(18)23-22(25)19-9-11-20(12-10-19)28(26,27)24-14-16(2)13-17(3)15-24/h5-12,16-17H,4,13-15H2,1-3H3,(H,23,25)/t16-,17-/m1/s1. The minimum atomic E-state index is -3.54. The van der Waals surface area contributed by atoms with Crippen molar-refractivity contribution in [3.8, 4) is 0 Å². The number of rotatable bonds is 5. The van der Waals surface area contributed by atoms with Crippen LogP contribution in [0.2, 0.25) is 0 Å². The number of piperidine rings is 1. The molecule has 0 aromatic heterocycles. The van der Waals surface area contributed by atoms with E-state index in [2.05, 4.69) is 19.2 Å². The number of hydrogen-bond acceptors (Lipinski definition) is 3. The van der Waals surface area contributed by atoms with Crippen LogP contribution < -0.4 is 5.32 Å². The Kier molecular flexibility index (Phi) is 6.20. The summed E-state index contributed by atoms with van der Waals surface area (Å²) in [5.74, 6) is 0.453. The van der Waals surface area contributed by atoms with Gasteiger partial charge in [0.1, 0.15) is 0 Å². The Morgan fingerprint density at radius 2 is 1.64 bits per heavy atom. The second-order valence-corrected chi connectivity index (χ2v) is 9.70. The van der Waals surface area contributed by atoms with E-state index in [9.17, 15) is 13.2 Å². The molecule has 1 heterocycles. The lowest BCUT2D eigenvalue weighted by Gasteiger charge is -2.34. The van der Waals surface area contributed by atoms with E-state index in [1.807, 2.05) is 31.2 Å². The number of sulfonamides is 1. The third-order valence-corrected chi connectivity index (χ3v) is 7.08. The van der Waals surface area contributed by atoms with Gasteiger partial charge in [-0.1, -0.05) is 39.0 Å². The summed E-state index contributed by atoms with van der Waals surface area (Å²) in [5, 5.41) is 2.91. The van der Waals surface area contributed by atoms with Gasteiger partial charge in [0.25, 0.3) is 5.91 Å². The lowest BCUT2D eigenvalue weighted by molar-refractivity contribution is 0.102. The first kappa shape index (κ1) is 20.6. The third kappa shape index (κ3) is 4.45. The van der Waals surface area contributed by atoms with Gasteiger partial charge in [-0.3, -0.25) is 4.79 Å². The average molecular weight is 401 g/mol. The van der Waals surface area contributed by atoms with Gasteiger partial charge in [0.05, 0.1) is 4.90 Å². The number of benzene rings is 2. The van der Waals surface area contributed by atoms with Crippen LogP contribution in [-0.2, 0) is 16.4 Å². The molecule has 2 aromatic rings. The molecule has 1 fully saturated rings. The van der Waals surface area contributed by atoms with Crippen molar-refractivity contribution in [2.24, 2.45) is 11.8 Å². The molecule has 28 heavy (non-hydrogen) atoms. The first-order chi connectivity index (χ1) is 13.3. The van der Waals surface area contributed by atoms with Crippen LogP contribution in [0.15, 0.2) is 53.4 Å². The van der Waals surface area contributed by atoms with Gasteiger partial charge in [0.2, 0.25) is 10.0 Å². The van der Waals surface area contributed by atoms with Crippen LogP contribution in [0.5, 0.6) is 0 Å². The second kappa shape index (κ2) is 8.45. The maximum Gasteiger partial charge on any atom is 0.255 e. The number of hydrogen-bond donors (Lipinski definition) is 1. The Balaban J connectivity index is 1.76. The highest BCUT2D eigenvalue weighted by Gasteiger charge is 2.31. The molecule has 0 radical (unpaired) electrons. The summed E-state index contributed by atoms with van der Waals surface area (Å²) in [6.07, 6.45) is 1.87. The van der Waals surface area contributed by atoms with Crippen LogP contribution in [0.1, 0.15) is 43.1 Å². The van der Waals surface area contributed by atoms with Gasteiger partial charge in [-0.25, -0.2) is 8.42 Å². The summed E-state index contributed by atoms with van der Waals surface area (Å²) in [4.78, 5) is 12.8. The highest BCUT2D eigenvalue weighted by Crippen LogP contribution is 2.27. The van der Waals surface area contributed by atoms with Crippen molar-refractivity contribution in [2.75, 3.05) is 18.4 Å². The van der Waals surface area contributed by atoms with Crippen molar-refractivity contribution >= 4 is 21.6 Å². The Morgan fingerprint density at radius 1 is 1.04 bits per heavy atom. The van der Waals surface area contributed by atoms with Crippen molar-refractivity contribution in [3.63, 3.8) is 0 Å². The SMILES string of the molecule is CCc1ccccc1NC(=O)c1ccc(S(=O)(=O)N2C[C@H](C)C[C@@H](C)C2)cc1. The predicted octanol–water partition coefficient (Wildman–Crippen LogP) is 4.17. The van der Waals surface area contributed by atoms with E-state index >= 15 is 0 Å². The van der Waals surface area contributed by atoms with Crippen molar-refractivity contribution < 1.29 is 13.2 Å². The molecule has 5 nitrogen and oxygen atoms in total. The Morgan fingerprint density at radius 3 is 2.25 bits per heavy atom. The fourth-order valence-electron chi connectivity index (χ4n) is 3.87. The van der Waals surface area contributed by atoms with Crippen LogP contribution in [-0.4, -0.2) is 31.7 Å². The molecule has 0 unspecified atom stereocenters. The summed E-state index contributed by atoms with van der Waals surface area (Å²) in [5.41, 5.74) is 2.27. The van der Waals surface area contributed by atoms with Gasteiger partial charge < -0.3 is 5.32 Å². The zero-order chi connectivity index (χ0) is 20.3. The maximum atomic E-state index is 13.0. The summed E-state index contributed by atoms with van der Waals surface area (Å²) in [6.45, 7) is 7.29. The van der Waals surface area contributed by atoms with E-state index in [-0.39, 0.29) is 10.8 Å². The molecule has 1 aliphatic heterocycles. The summed E-state index contributed by atoms with van der Waals surface area (Å²) >= 11 is 0. The largest absolute Gasteiger partial charge is 0.322 e. The second-order valence-electron chi connectivity index (χ2n) is 7.76. The highest BCUT2D eigenvalue weighted by atomic mass is 32.2. The number of nitrogens with one attached hydrogen (secondary N) is 1. The molecular weight excluding hydrogens is 372 g/mol. The van der Waals surface area contributed by atoms with E-state index in [0.717, 1.165) is 24.1 Å². The van der Waals surface area contributed by atoms with Gasteiger partial charge in [-0.2, -0.15) is 4.31 Å². The quantitative estimate of drug-likeness (QED) is 0.819. The van der Waals surface area contributed by atoms with Gasteiger partial charge in [-0.15, -0.1) is 0 Å². The summed E-state index contributed by atoms with van der Waals surface area (Å²) in [6, 6.07) is 13.9. The first-order valence-corrected chi connectivity index (χ1v) is 11.2. The van der Waals surface area contributed by atoms with Gasteiger partial charge in [-0.05, 0) is 60.6 Å². The molecule has 0 saturated carbocycles. The molecular formula is C22H28N2O3S. The molecule has 1 amide bonds. The molecule has 0 bridgehead atoms. The normalized spacial score (nSPS) is 20.7. The number of carbonyl (C=O) groups is 1. The van der Waals surface area contributed by atoms with Crippen LogP contribution in [0, 0.1) is 11.8 Å². The Bertz CT molecular complexity index is 929. The first-order valence-electron chi connectivity index (χ1n) is 9.80. The molecule has 1 N–H and O–H groups in total. The lowest BCUT2D eigenvalue weighted by Crippen LogP contribution is -2.42. The maximum absolute atomic E-state index is 13.0. The van der Waals surface area contributed by atoms with Crippen LogP contribution >= 0.6 is 0 Å². The Hall–Kier alpha value is -2.18. The molecule has 2 aromatic carbocycles. The fraction of sp³-hybridized carbons (Fsp3) is 0.409. The fourth-order valence-corrected chi connectivity index (χ4v) is 5.55. The van der Waals surface area contributed by atoms with E-state index in [4.69, 9.17) is 0 Å². The lowest BCUT2D eigenvalue weighted by atomic mass is 9.94. The zero-order valence-electron chi connectivity index (χ0n) is 16.7. The topological polar surface area (TPSA) is 66.5 Å². The molecule has 150 valence electrons.